The first-order chi connectivity index (χ1) is 16.5. The van der Waals surface area contributed by atoms with E-state index in [1.165, 1.54) is 44.2 Å². The number of rotatable bonds is 5. The molecule has 9 nitrogen and oxygen atoms in total. The molecular formula is C21H21F5N8O. The van der Waals surface area contributed by atoms with Crippen molar-refractivity contribution in [2.75, 3.05) is 33.0 Å². The third-order valence-electron chi connectivity index (χ3n) is 6.26. The molecule has 1 saturated heterocycles. The van der Waals surface area contributed by atoms with Crippen LogP contribution in [0.4, 0.5) is 27.9 Å². The minimum Gasteiger partial charge on any atom is -0.479 e. The zero-order valence-electron chi connectivity index (χ0n) is 18.9. The fourth-order valence-corrected chi connectivity index (χ4v) is 4.61. The lowest BCUT2D eigenvalue weighted by molar-refractivity contribution is -0.00340. The highest BCUT2D eigenvalue weighted by molar-refractivity contribution is 5.90. The van der Waals surface area contributed by atoms with E-state index in [0.29, 0.717) is 5.52 Å². The van der Waals surface area contributed by atoms with E-state index in [-0.39, 0.29) is 46.2 Å². The van der Waals surface area contributed by atoms with Crippen molar-refractivity contribution in [1.29, 1.82) is 0 Å². The maximum absolute atomic E-state index is 16.2. The summed E-state index contributed by atoms with van der Waals surface area (Å²) in [5.41, 5.74) is 5.99. The molecule has 0 bridgehead atoms. The highest BCUT2D eigenvalue weighted by atomic mass is 19.3. The fourth-order valence-electron chi connectivity index (χ4n) is 4.61. The monoisotopic (exact) mass is 496 g/mol. The Bertz CT molecular complexity index is 1430. The molecule has 14 heteroatoms. The van der Waals surface area contributed by atoms with Crippen molar-refractivity contribution >= 4 is 22.5 Å². The number of likely N-dealkylation sites (N-methyl/N-ethyl adjacent to an activating group) is 1. The SMILES string of the molecule is COc1nc(N)nn2c([C@H]3CN(C)CC3(F)F)c(F)c(-c3ccc4nnn([C@H](C)C(F)F)c4c3)c12. The van der Waals surface area contributed by atoms with Crippen molar-refractivity contribution in [1.82, 2.24) is 34.5 Å². The van der Waals surface area contributed by atoms with Crippen LogP contribution >= 0.6 is 0 Å². The van der Waals surface area contributed by atoms with Gasteiger partial charge in [-0.1, -0.05) is 11.3 Å². The second-order valence-corrected chi connectivity index (χ2v) is 8.64. The number of nitrogen functional groups attached to an aromatic ring is 1. The number of hydrogen-bond acceptors (Lipinski definition) is 7. The molecule has 3 aromatic heterocycles. The number of hydrogen-bond donors (Lipinski definition) is 1. The number of halogens is 5. The summed E-state index contributed by atoms with van der Waals surface area (Å²) in [5, 5.41) is 11.7. The molecule has 186 valence electrons. The van der Waals surface area contributed by atoms with Crippen LogP contribution in [-0.2, 0) is 0 Å². The predicted octanol–water partition coefficient (Wildman–Crippen LogP) is 3.36. The lowest BCUT2D eigenvalue weighted by Gasteiger charge is -2.17. The van der Waals surface area contributed by atoms with Gasteiger partial charge in [0, 0.05) is 6.54 Å². The van der Waals surface area contributed by atoms with Crippen LogP contribution in [0.25, 0.3) is 27.7 Å². The van der Waals surface area contributed by atoms with Crippen LogP contribution in [-0.4, -0.2) is 74.1 Å². The first-order valence-corrected chi connectivity index (χ1v) is 10.6. The summed E-state index contributed by atoms with van der Waals surface area (Å²) >= 11 is 0. The Morgan fingerprint density at radius 1 is 1.26 bits per heavy atom. The van der Waals surface area contributed by atoms with Gasteiger partial charge in [0.05, 0.1) is 36.3 Å². The average Bonchev–Trinajstić information content (AvgIpc) is 3.42. The summed E-state index contributed by atoms with van der Waals surface area (Å²) in [6.07, 6.45) is -2.72. The summed E-state index contributed by atoms with van der Waals surface area (Å²) < 4.78 is 80.0. The molecule has 1 aliphatic heterocycles. The third-order valence-corrected chi connectivity index (χ3v) is 6.26. The Hall–Kier alpha value is -3.55. The van der Waals surface area contributed by atoms with Gasteiger partial charge in [-0.15, -0.1) is 10.2 Å². The van der Waals surface area contributed by atoms with E-state index in [4.69, 9.17) is 10.5 Å². The molecule has 1 aromatic carbocycles. The number of likely N-dealkylation sites (tertiary alicyclic amines) is 1. The highest BCUT2D eigenvalue weighted by Crippen LogP contribution is 2.46. The molecule has 0 radical (unpaired) electrons. The van der Waals surface area contributed by atoms with E-state index in [1.54, 1.807) is 0 Å². The Morgan fingerprint density at radius 3 is 2.63 bits per heavy atom. The molecule has 4 heterocycles. The summed E-state index contributed by atoms with van der Waals surface area (Å²) in [6, 6.07) is 3.10. The molecule has 2 N–H and O–H groups in total. The van der Waals surface area contributed by atoms with E-state index < -0.39 is 36.7 Å². The number of anilines is 1. The van der Waals surface area contributed by atoms with Crippen LogP contribution in [0.3, 0.4) is 0 Å². The average molecular weight is 496 g/mol. The van der Waals surface area contributed by atoms with Crippen LogP contribution in [0.1, 0.15) is 24.6 Å². The topological polar surface area (TPSA) is 99.4 Å². The van der Waals surface area contributed by atoms with Crippen LogP contribution in [0.2, 0.25) is 0 Å². The minimum atomic E-state index is -3.24. The number of nitrogens with zero attached hydrogens (tertiary/aromatic N) is 7. The normalized spacial score (nSPS) is 19.3. The molecule has 0 unspecified atom stereocenters. The maximum Gasteiger partial charge on any atom is 0.270 e. The van der Waals surface area contributed by atoms with E-state index in [0.717, 1.165) is 9.20 Å². The van der Waals surface area contributed by atoms with Gasteiger partial charge in [-0.2, -0.15) is 4.98 Å². The van der Waals surface area contributed by atoms with Crippen LogP contribution < -0.4 is 10.5 Å². The van der Waals surface area contributed by atoms with Crippen molar-refractivity contribution in [3.05, 3.63) is 29.7 Å². The van der Waals surface area contributed by atoms with Crippen molar-refractivity contribution in [3.63, 3.8) is 0 Å². The maximum atomic E-state index is 16.2. The van der Waals surface area contributed by atoms with Gasteiger partial charge in [-0.05, 0) is 31.7 Å². The largest absolute Gasteiger partial charge is 0.479 e. The fraction of sp³-hybridized carbons (Fsp3) is 0.429. The summed E-state index contributed by atoms with van der Waals surface area (Å²) in [7, 11) is 2.79. The Kier molecular flexibility index (Phi) is 5.30. The van der Waals surface area contributed by atoms with Crippen LogP contribution in [0, 0.1) is 5.82 Å². The van der Waals surface area contributed by atoms with Gasteiger partial charge in [0.15, 0.2) is 5.82 Å². The second-order valence-electron chi connectivity index (χ2n) is 8.64. The van der Waals surface area contributed by atoms with Crippen molar-refractivity contribution in [2.24, 2.45) is 0 Å². The number of alkyl halides is 4. The zero-order valence-corrected chi connectivity index (χ0v) is 18.9. The van der Waals surface area contributed by atoms with Gasteiger partial charge in [0.25, 0.3) is 12.3 Å². The molecule has 5 rings (SSSR count). The van der Waals surface area contributed by atoms with Gasteiger partial charge in [-0.3, -0.25) is 4.90 Å². The number of methoxy groups -OCH3 is 1. The highest BCUT2D eigenvalue weighted by Gasteiger charge is 2.51. The number of nitrogens with two attached hydrogens (primary N) is 1. The van der Waals surface area contributed by atoms with Crippen LogP contribution in [0.5, 0.6) is 5.88 Å². The summed E-state index contributed by atoms with van der Waals surface area (Å²) in [6.45, 7) is 0.596. The van der Waals surface area contributed by atoms with Gasteiger partial charge < -0.3 is 10.5 Å². The molecule has 1 fully saturated rings. The number of fused-ring (bicyclic) bond motifs is 2. The lowest BCUT2D eigenvalue weighted by Crippen LogP contribution is -2.27. The lowest BCUT2D eigenvalue weighted by atomic mass is 9.98. The van der Waals surface area contributed by atoms with Gasteiger partial charge >= 0.3 is 0 Å². The quantitative estimate of drug-likeness (QED) is 0.423. The van der Waals surface area contributed by atoms with E-state index in [2.05, 4.69) is 20.4 Å². The van der Waals surface area contributed by atoms with Gasteiger partial charge in [0.2, 0.25) is 11.8 Å². The smallest absolute Gasteiger partial charge is 0.270 e. The standard InChI is InChI=1S/C21H21F5N8O/c1-9(18(23)24)33-13-6-10(4-5-12(13)29-31-33)14-15(22)16(11-7-32(2)8-21(11,25)26)34-17(14)19(35-3)28-20(27)30-34/h4-6,9,11,18H,7-8H2,1-3H3,(H2,27,30)/t9-,11-/m1/s1. The van der Waals surface area contributed by atoms with Gasteiger partial charge in [-0.25, -0.2) is 31.1 Å². The summed E-state index contributed by atoms with van der Waals surface area (Å²) in [5.74, 6) is -6.14. The Balaban J connectivity index is 1.81. The zero-order chi connectivity index (χ0) is 25.2. The molecule has 0 amide bonds. The molecule has 35 heavy (non-hydrogen) atoms. The first kappa shape index (κ1) is 23.2. The predicted molar refractivity (Wildman–Crippen MR) is 116 cm³/mol. The molecule has 0 saturated carbocycles. The molecule has 2 atom stereocenters. The minimum absolute atomic E-state index is 0.0140. The number of aromatic nitrogens is 6. The summed E-state index contributed by atoms with van der Waals surface area (Å²) in [4.78, 5) is 5.39. The van der Waals surface area contributed by atoms with E-state index >= 15 is 4.39 Å². The molecule has 1 aliphatic rings. The van der Waals surface area contributed by atoms with E-state index in [1.807, 2.05) is 0 Å². The first-order valence-electron chi connectivity index (χ1n) is 10.6. The third kappa shape index (κ3) is 3.54. The number of ether oxygens (including phenoxy) is 1. The molecule has 0 aliphatic carbocycles. The Morgan fingerprint density at radius 2 is 2.00 bits per heavy atom. The van der Waals surface area contributed by atoms with Crippen molar-refractivity contribution < 1.29 is 26.7 Å². The molecule has 0 spiro atoms. The van der Waals surface area contributed by atoms with Crippen molar-refractivity contribution in [3.8, 4) is 17.0 Å². The van der Waals surface area contributed by atoms with Crippen molar-refractivity contribution in [2.45, 2.75) is 31.2 Å². The second kappa shape index (κ2) is 8.00. The Labute approximate surface area is 195 Å². The van der Waals surface area contributed by atoms with Crippen LogP contribution in [0.15, 0.2) is 18.2 Å². The molecule has 4 aromatic rings. The number of benzene rings is 1. The van der Waals surface area contributed by atoms with E-state index in [9.17, 15) is 17.6 Å². The van der Waals surface area contributed by atoms with Gasteiger partial charge in [0.1, 0.15) is 17.1 Å². The molecular weight excluding hydrogens is 475 g/mol.